The van der Waals surface area contributed by atoms with Gasteiger partial charge in [-0.25, -0.2) is 0 Å². The fraction of sp³-hybridized carbons (Fsp3) is 0.167. The second kappa shape index (κ2) is 4.59. The third-order valence-corrected chi connectivity index (χ3v) is 2.64. The van der Waals surface area contributed by atoms with Gasteiger partial charge >= 0.3 is 0 Å². The maximum Gasteiger partial charge on any atom is 0.221 e. The number of pyridine rings is 1. The number of ether oxygens (including phenoxy) is 1. The molecule has 0 atom stereocenters. The molecule has 0 spiro atoms. The Morgan fingerprint density at radius 1 is 1.47 bits per heavy atom. The van der Waals surface area contributed by atoms with Gasteiger partial charge in [-0.1, -0.05) is 11.6 Å². The minimum Gasteiger partial charge on any atom is -0.497 e. The molecule has 2 aromatic rings. The molecule has 0 saturated heterocycles. The van der Waals surface area contributed by atoms with Crippen LogP contribution in [0.4, 0.5) is 5.69 Å². The molecule has 4 nitrogen and oxygen atoms in total. The fourth-order valence-electron chi connectivity index (χ4n) is 1.60. The smallest absolute Gasteiger partial charge is 0.221 e. The summed E-state index contributed by atoms with van der Waals surface area (Å²) in [7, 11) is 1.56. The number of aromatic nitrogens is 1. The zero-order valence-corrected chi connectivity index (χ0v) is 10.2. The number of nitrogens with zero attached hydrogens (tertiary/aromatic N) is 1. The van der Waals surface area contributed by atoms with E-state index in [1.165, 1.54) is 6.92 Å². The lowest BCUT2D eigenvalue weighted by molar-refractivity contribution is -0.114. The number of nitrogens with one attached hydrogen (secondary N) is 1. The molecule has 17 heavy (non-hydrogen) atoms. The molecule has 88 valence electrons. The molecular weight excluding hydrogens is 240 g/mol. The van der Waals surface area contributed by atoms with Gasteiger partial charge in [-0.15, -0.1) is 0 Å². The summed E-state index contributed by atoms with van der Waals surface area (Å²) in [4.78, 5) is 15.3. The molecule has 1 amide bonds. The molecule has 0 fully saturated rings. The maximum absolute atomic E-state index is 11.1. The number of hydrogen-bond donors (Lipinski definition) is 1. The van der Waals surface area contributed by atoms with E-state index in [1.807, 2.05) is 0 Å². The molecule has 0 saturated carbocycles. The Labute approximate surface area is 104 Å². The van der Waals surface area contributed by atoms with Crippen LogP contribution in [0.1, 0.15) is 6.92 Å². The molecule has 0 aliphatic heterocycles. The Morgan fingerprint density at radius 3 is 2.88 bits per heavy atom. The summed E-state index contributed by atoms with van der Waals surface area (Å²) in [6.07, 6.45) is 1.60. The van der Waals surface area contributed by atoms with E-state index >= 15 is 0 Å². The number of methoxy groups -OCH3 is 1. The van der Waals surface area contributed by atoms with E-state index in [2.05, 4.69) is 10.3 Å². The predicted molar refractivity (Wildman–Crippen MR) is 67.6 cm³/mol. The van der Waals surface area contributed by atoms with Gasteiger partial charge in [0.1, 0.15) is 5.75 Å². The molecule has 0 radical (unpaired) electrons. The minimum absolute atomic E-state index is 0.165. The first-order valence-corrected chi connectivity index (χ1v) is 5.39. The summed E-state index contributed by atoms with van der Waals surface area (Å²) in [6, 6.07) is 5.20. The topological polar surface area (TPSA) is 51.2 Å². The summed E-state index contributed by atoms with van der Waals surface area (Å²) >= 11 is 6.09. The molecule has 0 aliphatic rings. The third kappa shape index (κ3) is 2.31. The van der Waals surface area contributed by atoms with Crippen molar-refractivity contribution in [3.8, 4) is 5.75 Å². The van der Waals surface area contributed by atoms with Crippen molar-refractivity contribution >= 4 is 34.1 Å². The minimum atomic E-state index is -0.165. The SMILES string of the molecule is COc1cc(NC(C)=O)c2nccc(Cl)c2c1. The number of carbonyl (C=O) groups excluding carboxylic acids is 1. The lowest BCUT2D eigenvalue weighted by Gasteiger charge is -2.10. The van der Waals surface area contributed by atoms with Gasteiger partial charge in [0.05, 0.1) is 23.3 Å². The Bertz CT molecular complexity index is 584. The third-order valence-electron chi connectivity index (χ3n) is 2.31. The van der Waals surface area contributed by atoms with Crippen LogP contribution in [0.5, 0.6) is 5.75 Å². The van der Waals surface area contributed by atoms with E-state index < -0.39 is 0 Å². The number of fused-ring (bicyclic) bond motifs is 1. The molecule has 0 unspecified atom stereocenters. The zero-order chi connectivity index (χ0) is 12.4. The summed E-state index contributed by atoms with van der Waals surface area (Å²) in [6.45, 7) is 1.44. The molecule has 0 bridgehead atoms. The van der Waals surface area contributed by atoms with Crippen molar-refractivity contribution in [3.05, 3.63) is 29.4 Å². The van der Waals surface area contributed by atoms with Crippen molar-refractivity contribution in [2.24, 2.45) is 0 Å². The van der Waals surface area contributed by atoms with Gasteiger partial charge in [-0.3, -0.25) is 9.78 Å². The Balaban J connectivity index is 2.71. The number of halogens is 1. The summed E-state index contributed by atoms with van der Waals surface area (Å²) in [5, 5.41) is 4.03. The average Bonchev–Trinajstić information content (AvgIpc) is 2.29. The van der Waals surface area contributed by atoms with Gasteiger partial charge in [0.25, 0.3) is 0 Å². The first kappa shape index (κ1) is 11.7. The zero-order valence-electron chi connectivity index (χ0n) is 9.45. The van der Waals surface area contributed by atoms with Crippen LogP contribution in [0.3, 0.4) is 0 Å². The van der Waals surface area contributed by atoms with E-state index in [9.17, 15) is 4.79 Å². The van der Waals surface area contributed by atoms with Crippen molar-refractivity contribution < 1.29 is 9.53 Å². The highest BCUT2D eigenvalue weighted by Crippen LogP contribution is 2.31. The Hall–Kier alpha value is -1.81. The van der Waals surface area contributed by atoms with Gasteiger partial charge in [0.2, 0.25) is 5.91 Å². The molecule has 1 heterocycles. The van der Waals surface area contributed by atoms with Crippen molar-refractivity contribution in [2.75, 3.05) is 12.4 Å². The van der Waals surface area contributed by atoms with Crippen LogP contribution >= 0.6 is 11.6 Å². The largest absolute Gasteiger partial charge is 0.497 e. The predicted octanol–water partition coefficient (Wildman–Crippen LogP) is 2.86. The summed E-state index contributed by atoms with van der Waals surface area (Å²) in [5.74, 6) is 0.456. The molecule has 2 rings (SSSR count). The van der Waals surface area contributed by atoms with Crippen molar-refractivity contribution in [3.63, 3.8) is 0 Å². The number of benzene rings is 1. The van der Waals surface area contributed by atoms with Crippen molar-refractivity contribution in [1.29, 1.82) is 0 Å². The first-order valence-electron chi connectivity index (χ1n) is 5.01. The van der Waals surface area contributed by atoms with Crippen LogP contribution < -0.4 is 10.1 Å². The van der Waals surface area contributed by atoms with Gasteiger partial charge < -0.3 is 10.1 Å². The fourth-order valence-corrected chi connectivity index (χ4v) is 1.80. The normalized spacial score (nSPS) is 10.3. The average molecular weight is 251 g/mol. The van der Waals surface area contributed by atoms with E-state index in [0.29, 0.717) is 22.0 Å². The van der Waals surface area contributed by atoms with Crippen LogP contribution in [0.25, 0.3) is 10.9 Å². The highest BCUT2D eigenvalue weighted by Gasteiger charge is 2.09. The quantitative estimate of drug-likeness (QED) is 0.892. The highest BCUT2D eigenvalue weighted by atomic mass is 35.5. The van der Waals surface area contributed by atoms with Gasteiger partial charge in [0, 0.05) is 24.6 Å². The molecule has 0 aliphatic carbocycles. The standard InChI is InChI=1S/C12H11ClN2O2/c1-7(16)15-11-6-8(17-2)5-9-10(13)3-4-14-12(9)11/h3-6H,1-2H3,(H,15,16). The van der Waals surface area contributed by atoms with Crippen LogP contribution in [0.2, 0.25) is 5.02 Å². The second-order valence-electron chi connectivity index (χ2n) is 3.55. The highest BCUT2D eigenvalue weighted by molar-refractivity contribution is 6.35. The van der Waals surface area contributed by atoms with Gasteiger partial charge in [0.15, 0.2) is 0 Å². The van der Waals surface area contributed by atoms with Crippen LogP contribution in [-0.4, -0.2) is 18.0 Å². The molecule has 5 heteroatoms. The Morgan fingerprint density at radius 2 is 2.24 bits per heavy atom. The lowest BCUT2D eigenvalue weighted by Crippen LogP contribution is -2.07. The molecular formula is C12H11ClN2O2. The van der Waals surface area contributed by atoms with Crippen LogP contribution in [-0.2, 0) is 4.79 Å². The van der Waals surface area contributed by atoms with Gasteiger partial charge in [-0.05, 0) is 12.1 Å². The summed E-state index contributed by atoms with van der Waals surface area (Å²) in [5.41, 5.74) is 1.24. The summed E-state index contributed by atoms with van der Waals surface area (Å²) < 4.78 is 5.16. The van der Waals surface area contributed by atoms with E-state index in [1.54, 1.807) is 31.5 Å². The monoisotopic (exact) mass is 250 g/mol. The lowest BCUT2D eigenvalue weighted by atomic mass is 10.1. The van der Waals surface area contributed by atoms with Crippen LogP contribution in [0.15, 0.2) is 24.4 Å². The van der Waals surface area contributed by atoms with Crippen molar-refractivity contribution in [1.82, 2.24) is 4.98 Å². The molecule has 1 aromatic heterocycles. The number of rotatable bonds is 2. The number of carbonyl (C=O) groups is 1. The van der Waals surface area contributed by atoms with E-state index in [0.717, 1.165) is 5.39 Å². The van der Waals surface area contributed by atoms with Crippen LogP contribution in [0, 0.1) is 0 Å². The van der Waals surface area contributed by atoms with E-state index in [-0.39, 0.29) is 5.91 Å². The number of amides is 1. The molecule has 1 N–H and O–H groups in total. The van der Waals surface area contributed by atoms with E-state index in [4.69, 9.17) is 16.3 Å². The number of hydrogen-bond acceptors (Lipinski definition) is 3. The Kier molecular flexibility index (Phi) is 3.15. The number of anilines is 1. The molecule has 1 aromatic carbocycles. The maximum atomic E-state index is 11.1. The second-order valence-corrected chi connectivity index (χ2v) is 3.95. The van der Waals surface area contributed by atoms with Crippen molar-refractivity contribution in [2.45, 2.75) is 6.92 Å². The first-order chi connectivity index (χ1) is 8.11. The van der Waals surface area contributed by atoms with Gasteiger partial charge in [-0.2, -0.15) is 0 Å².